The van der Waals surface area contributed by atoms with Crippen LogP contribution >= 0.6 is 0 Å². The second-order valence-electron chi connectivity index (χ2n) is 6.68. The normalized spacial score (nSPS) is 16.0. The number of carbonyl (C=O) groups is 1. The Kier molecular flexibility index (Phi) is 4.98. The Balaban J connectivity index is 1.57. The first kappa shape index (κ1) is 17.4. The second kappa shape index (κ2) is 7.72. The minimum absolute atomic E-state index is 0.0345. The van der Waals surface area contributed by atoms with Crippen LogP contribution in [0.3, 0.4) is 0 Å². The predicted octanol–water partition coefficient (Wildman–Crippen LogP) is 2.63. The van der Waals surface area contributed by atoms with Gasteiger partial charge in [0.25, 0.3) is 0 Å². The molecule has 1 aliphatic heterocycles. The number of pyridine rings is 1. The highest BCUT2D eigenvalue weighted by molar-refractivity contribution is 5.88. The van der Waals surface area contributed by atoms with Crippen molar-refractivity contribution in [3.8, 4) is 5.82 Å². The summed E-state index contributed by atoms with van der Waals surface area (Å²) in [5, 5.41) is 7.38. The van der Waals surface area contributed by atoms with Gasteiger partial charge in [-0.15, -0.1) is 0 Å². The summed E-state index contributed by atoms with van der Waals surface area (Å²) in [6.07, 6.45) is 6.65. The van der Waals surface area contributed by atoms with E-state index in [1.807, 2.05) is 54.7 Å². The number of ether oxygens (including phenoxy) is 1. The lowest BCUT2D eigenvalue weighted by atomic mass is 9.73. The highest BCUT2D eigenvalue weighted by Gasteiger charge is 2.41. The van der Waals surface area contributed by atoms with Gasteiger partial charge in [-0.2, -0.15) is 5.10 Å². The van der Waals surface area contributed by atoms with Crippen LogP contribution in [-0.2, 0) is 21.5 Å². The molecule has 6 heteroatoms. The number of benzene rings is 1. The Morgan fingerprint density at radius 2 is 1.89 bits per heavy atom. The molecule has 4 rings (SSSR count). The number of hydrogen-bond acceptors (Lipinski definition) is 4. The largest absolute Gasteiger partial charge is 0.381 e. The monoisotopic (exact) mass is 362 g/mol. The summed E-state index contributed by atoms with van der Waals surface area (Å²) in [6.45, 7) is 1.58. The summed E-state index contributed by atoms with van der Waals surface area (Å²) in [5.41, 5.74) is 1.42. The topological polar surface area (TPSA) is 69.0 Å². The molecule has 0 saturated carbocycles. The van der Waals surface area contributed by atoms with Crippen LogP contribution in [0.5, 0.6) is 0 Å². The molecule has 3 heterocycles. The number of amides is 1. The first-order valence-corrected chi connectivity index (χ1v) is 9.15. The molecule has 138 valence electrons. The van der Waals surface area contributed by atoms with Crippen molar-refractivity contribution in [1.29, 1.82) is 0 Å². The van der Waals surface area contributed by atoms with Gasteiger partial charge in [0.05, 0.1) is 5.41 Å². The number of hydrogen-bond donors (Lipinski definition) is 1. The van der Waals surface area contributed by atoms with Gasteiger partial charge in [-0.25, -0.2) is 9.67 Å². The van der Waals surface area contributed by atoms with E-state index in [0.717, 1.165) is 16.9 Å². The van der Waals surface area contributed by atoms with Gasteiger partial charge >= 0.3 is 0 Å². The fourth-order valence-corrected chi connectivity index (χ4v) is 3.64. The maximum atomic E-state index is 13.3. The molecule has 3 aromatic rings. The fourth-order valence-electron chi connectivity index (χ4n) is 3.64. The third-order valence-corrected chi connectivity index (χ3v) is 5.14. The SMILES string of the molecule is O=C(NCc1cccnc1-n1cccn1)C1(c2ccccc2)CCOCC1. The average molecular weight is 362 g/mol. The molecule has 2 aromatic heterocycles. The molecule has 0 spiro atoms. The zero-order chi connectivity index (χ0) is 18.5. The average Bonchev–Trinajstić information content (AvgIpc) is 3.28. The minimum atomic E-state index is -0.548. The van der Waals surface area contributed by atoms with Crippen molar-refractivity contribution in [3.05, 3.63) is 78.2 Å². The van der Waals surface area contributed by atoms with E-state index in [9.17, 15) is 4.79 Å². The van der Waals surface area contributed by atoms with Crippen molar-refractivity contribution >= 4 is 5.91 Å². The fraction of sp³-hybridized carbons (Fsp3) is 0.286. The summed E-state index contributed by atoms with van der Waals surface area (Å²) < 4.78 is 7.24. The Labute approximate surface area is 158 Å². The molecule has 0 unspecified atom stereocenters. The van der Waals surface area contributed by atoms with Crippen molar-refractivity contribution in [2.75, 3.05) is 13.2 Å². The molecule has 0 radical (unpaired) electrons. The first-order chi connectivity index (χ1) is 13.3. The molecule has 1 N–H and O–H groups in total. The Morgan fingerprint density at radius 1 is 1.07 bits per heavy atom. The summed E-state index contributed by atoms with van der Waals surface area (Å²) in [6, 6.07) is 15.7. The molecule has 0 aliphatic carbocycles. The molecule has 1 fully saturated rings. The molecule has 0 bridgehead atoms. The van der Waals surface area contributed by atoms with Crippen molar-refractivity contribution < 1.29 is 9.53 Å². The minimum Gasteiger partial charge on any atom is -0.381 e. The highest BCUT2D eigenvalue weighted by Crippen LogP contribution is 2.35. The van der Waals surface area contributed by atoms with Crippen LogP contribution in [0.25, 0.3) is 5.82 Å². The van der Waals surface area contributed by atoms with E-state index in [1.165, 1.54) is 0 Å². The van der Waals surface area contributed by atoms with Crippen molar-refractivity contribution in [1.82, 2.24) is 20.1 Å². The van der Waals surface area contributed by atoms with Gasteiger partial charge in [-0.05, 0) is 30.5 Å². The van der Waals surface area contributed by atoms with Crippen LogP contribution in [0.15, 0.2) is 67.1 Å². The quantitative estimate of drug-likeness (QED) is 0.758. The Bertz CT molecular complexity index is 888. The summed E-state index contributed by atoms with van der Waals surface area (Å²) >= 11 is 0. The standard InChI is InChI=1S/C21H22N4O2/c26-20(21(9-14-27-15-10-21)18-7-2-1-3-8-18)23-16-17-6-4-11-22-19(17)25-13-5-12-24-25/h1-8,11-13H,9-10,14-16H2,(H,23,26). The van der Waals surface area contributed by atoms with Crippen LogP contribution in [0.4, 0.5) is 0 Å². The van der Waals surface area contributed by atoms with Crippen LogP contribution in [-0.4, -0.2) is 33.9 Å². The molecular weight excluding hydrogens is 340 g/mol. The zero-order valence-corrected chi connectivity index (χ0v) is 15.0. The van der Waals surface area contributed by atoms with Crippen LogP contribution in [0.2, 0.25) is 0 Å². The summed E-state index contributed by atoms with van der Waals surface area (Å²) in [7, 11) is 0. The van der Waals surface area contributed by atoms with E-state index < -0.39 is 5.41 Å². The molecule has 1 aromatic carbocycles. The maximum absolute atomic E-state index is 13.3. The van der Waals surface area contributed by atoms with Gasteiger partial charge < -0.3 is 10.1 Å². The lowest BCUT2D eigenvalue weighted by molar-refractivity contribution is -0.130. The van der Waals surface area contributed by atoms with Gasteiger partial charge in [0, 0.05) is 43.9 Å². The zero-order valence-electron chi connectivity index (χ0n) is 15.0. The summed E-state index contributed by atoms with van der Waals surface area (Å²) in [5.74, 6) is 0.760. The van der Waals surface area contributed by atoms with E-state index in [0.29, 0.717) is 32.6 Å². The summed E-state index contributed by atoms with van der Waals surface area (Å²) in [4.78, 5) is 17.7. The molecule has 6 nitrogen and oxygen atoms in total. The van der Waals surface area contributed by atoms with Gasteiger partial charge in [0.2, 0.25) is 5.91 Å². The molecule has 0 atom stereocenters. The van der Waals surface area contributed by atoms with E-state index in [-0.39, 0.29) is 5.91 Å². The number of nitrogens with zero attached hydrogens (tertiary/aromatic N) is 3. The maximum Gasteiger partial charge on any atom is 0.231 e. The first-order valence-electron chi connectivity index (χ1n) is 9.15. The van der Waals surface area contributed by atoms with Gasteiger partial charge in [-0.3, -0.25) is 4.79 Å². The third-order valence-electron chi connectivity index (χ3n) is 5.14. The molecule has 1 saturated heterocycles. The van der Waals surface area contributed by atoms with E-state index >= 15 is 0 Å². The van der Waals surface area contributed by atoms with Crippen LogP contribution < -0.4 is 5.32 Å². The number of rotatable bonds is 5. The second-order valence-corrected chi connectivity index (χ2v) is 6.68. The Morgan fingerprint density at radius 3 is 2.63 bits per heavy atom. The van der Waals surface area contributed by atoms with E-state index in [1.54, 1.807) is 17.1 Å². The van der Waals surface area contributed by atoms with E-state index in [4.69, 9.17) is 4.74 Å². The van der Waals surface area contributed by atoms with Crippen LogP contribution in [0, 0.1) is 0 Å². The van der Waals surface area contributed by atoms with Crippen molar-refractivity contribution in [3.63, 3.8) is 0 Å². The highest BCUT2D eigenvalue weighted by atomic mass is 16.5. The van der Waals surface area contributed by atoms with Crippen molar-refractivity contribution in [2.24, 2.45) is 0 Å². The number of nitrogens with one attached hydrogen (secondary N) is 1. The lowest BCUT2D eigenvalue weighted by Gasteiger charge is -2.36. The molecular formula is C21H22N4O2. The Hall–Kier alpha value is -2.99. The van der Waals surface area contributed by atoms with Gasteiger partial charge in [-0.1, -0.05) is 36.4 Å². The molecule has 27 heavy (non-hydrogen) atoms. The van der Waals surface area contributed by atoms with Crippen molar-refractivity contribution in [2.45, 2.75) is 24.8 Å². The smallest absolute Gasteiger partial charge is 0.231 e. The van der Waals surface area contributed by atoms with Crippen LogP contribution in [0.1, 0.15) is 24.0 Å². The van der Waals surface area contributed by atoms with E-state index in [2.05, 4.69) is 15.4 Å². The number of carbonyl (C=O) groups excluding carboxylic acids is 1. The molecule has 1 amide bonds. The predicted molar refractivity (Wildman–Crippen MR) is 101 cm³/mol. The van der Waals surface area contributed by atoms with Gasteiger partial charge in [0.1, 0.15) is 0 Å². The third kappa shape index (κ3) is 3.48. The lowest BCUT2D eigenvalue weighted by Crippen LogP contribution is -2.47. The van der Waals surface area contributed by atoms with Gasteiger partial charge in [0.15, 0.2) is 5.82 Å². The molecule has 1 aliphatic rings. The number of aromatic nitrogens is 3.